The average Bonchev–Trinajstić information content (AvgIpc) is 2.10. The van der Waals surface area contributed by atoms with E-state index in [0.29, 0.717) is 17.1 Å². The number of halogens is 2. The zero-order valence-corrected chi connectivity index (χ0v) is 9.73. The molecule has 0 saturated carbocycles. The highest BCUT2D eigenvalue weighted by Crippen LogP contribution is 2.25. The van der Waals surface area contributed by atoms with Gasteiger partial charge in [-0.1, -0.05) is 17.7 Å². The van der Waals surface area contributed by atoms with E-state index < -0.39 is 0 Å². The molecule has 0 bridgehead atoms. The first-order chi connectivity index (χ1) is 6.63. The maximum Gasteiger partial charge on any atom is 0.228 e. The van der Waals surface area contributed by atoms with Crippen LogP contribution in [0.1, 0.15) is 6.42 Å². The summed E-state index contributed by atoms with van der Waals surface area (Å²) in [7, 11) is 0. The second kappa shape index (κ2) is 5.17. The molecular formula is C10H9BrClNO. The number of anilines is 1. The lowest BCUT2D eigenvalue weighted by molar-refractivity contribution is -0.115. The molecule has 1 amide bonds. The molecule has 1 N–H and O–H groups in total. The zero-order valence-electron chi connectivity index (χ0n) is 7.39. The maximum absolute atomic E-state index is 11.2. The van der Waals surface area contributed by atoms with Crippen molar-refractivity contribution < 1.29 is 4.79 Å². The Bertz CT molecular complexity index is 365. The quantitative estimate of drug-likeness (QED) is 0.838. The molecule has 74 valence electrons. The van der Waals surface area contributed by atoms with Crippen molar-refractivity contribution in [1.82, 2.24) is 0 Å². The minimum absolute atomic E-state index is 0.0944. The van der Waals surface area contributed by atoms with E-state index in [1.165, 1.54) is 0 Å². The summed E-state index contributed by atoms with van der Waals surface area (Å²) in [6, 6.07) is 5.19. The Morgan fingerprint density at radius 2 is 2.36 bits per heavy atom. The summed E-state index contributed by atoms with van der Waals surface area (Å²) >= 11 is 9.06. The fourth-order valence-electron chi connectivity index (χ4n) is 0.923. The van der Waals surface area contributed by atoms with Crippen molar-refractivity contribution in [3.05, 3.63) is 40.3 Å². The fourth-order valence-corrected chi connectivity index (χ4v) is 1.70. The number of benzene rings is 1. The number of carbonyl (C=O) groups excluding carboxylic acids is 1. The summed E-state index contributed by atoms with van der Waals surface area (Å²) < 4.78 is 0.766. The van der Waals surface area contributed by atoms with Crippen LogP contribution in [0, 0.1) is 0 Å². The first-order valence-electron chi connectivity index (χ1n) is 3.99. The SMILES string of the molecule is C=CCC(=O)Nc1ccc(Cl)cc1Br. The minimum atomic E-state index is -0.0944. The third kappa shape index (κ3) is 3.16. The van der Waals surface area contributed by atoms with Crippen LogP contribution in [0.4, 0.5) is 5.69 Å². The van der Waals surface area contributed by atoms with E-state index in [-0.39, 0.29) is 5.91 Å². The van der Waals surface area contributed by atoms with Crippen LogP contribution in [0.15, 0.2) is 35.3 Å². The van der Waals surface area contributed by atoms with Crippen LogP contribution in [-0.2, 0) is 4.79 Å². The van der Waals surface area contributed by atoms with Crippen LogP contribution in [-0.4, -0.2) is 5.91 Å². The van der Waals surface area contributed by atoms with Gasteiger partial charge in [0.2, 0.25) is 5.91 Å². The highest BCUT2D eigenvalue weighted by molar-refractivity contribution is 9.10. The molecule has 0 unspecified atom stereocenters. The van der Waals surface area contributed by atoms with E-state index in [9.17, 15) is 4.79 Å². The van der Waals surface area contributed by atoms with Gasteiger partial charge in [0.1, 0.15) is 0 Å². The standard InChI is InChI=1S/C10H9BrClNO/c1-2-3-10(14)13-9-5-4-7(12)6-8(9)11/h2,4-6H,1,3H2,(H,13,14). The number of hydrogen-bond acceptors (Lipinski definition) is 1. The number of amides is 1. The number of carbonyl (C=O) groups is 1. The number of hydrogen-bond donors (Lipinski definition) is 1. The lowest BCUT2D eigenvalue weighted by Gasteiger charge is -2.05. The Morgan fingerprint density at radius 1 is 1.64 bits per heavy atom. The van der Waals surface area contributed by atoms with Crippen molar-refractivity contribution in [2.24, 2.45) is 0 Å². The summed E-state index contributed by atoms with van der Waals surface area (Å²) in [6.07, 6.45) is 1.86. The van der Waals surface area contributed by atoms with Crippen molar-refractivity contribution in [2.45, 2.75) is 6.42 Å². The third-order valence-corrected chi connectivity index (χ3v) is 2.43. The van der Waals surface area contributed by atoms with Gasteiger partial charge in [0.15, 0.2) is 0 Å². The summed E-state index contributed by atoms with van der Waals surface area (Å²) in [5.74, 6) is -0.0944. The van der Waals surface area contributed by atoms with Crippen LogP contribution in [0.3, 0.4) is 0 Å². The molecule has 0 heterocycles. The predicted octanol–water partition coefficient (Wildman–Crippen LogP) is 3.62. The Kier molecular flexibility index (Phi) is 4.17. The Morgan fingerprint density at radius 3 is 2.93 bits per heavy atom. The topological polar surface area (TPSA) is 29.1 Å². The number of nitrogens with one attached hydrogen (secondary N) is 1. The Balaban J connectivity index is 2.76. The van der Waals surface area contributed by atoms with Gasteiger partial charge in [-0.05, 0) is 34.1 Å². The zero-order chi connectivity index (χ0) is 10.6. The predicted molar refractivity (Wildman–Crippen MR) is 62.6 cm³/mol. The molecule has 0 radical (unpaired) electrons. The summed E-state index contributed by atoms with van der Waals surface area (Å²) in [4.78, 5) is 11.2. The van der Waals surface area contributed by atoms with Gasteiger partial charge < -0.3 is 5.32 Å². The van der Waals surface area contributed by atoms with Gasteiger partial charge in [-0.2, -0.15) is 0 Å². The van der Waals surface area contributed by atoms with E-state index in [0.717, 1.165) is 4.47 Å². The molecule has 1 aromatic carbocycles. The number of rotatable bonds is 3. The average molecular weight is 275 g/mol. The van der Waals surface area contributed by atoms with Crippen LogP contribution in [0.25, 0.3) is 0 Å². The van der Waals surface area contributed by atoms with Crippen molar-refractivity contribution in [2.75, 3.05) is 5.32 Å². The van der Waals surface area contributed by atoms with Crippen molar-refractivity contribution in [3.63, 3.8) is 0 Å². The molecule has 0 aliphatic carbocycles. The molecule has 0 aromatic heterocycles. The van der Waals surface area contributed by atoms with Gasteiger partial charge in [0.25, 0.3) is 0 Å². The molecule has 4 heteroatoms. The minimum Gasteiger partial charge on any atom is -0.325 e. The summed E-state index contributed by atoms with van der Waals surface area (Å²) in [5.41, 5.74) is 0.709. The molecule has 0 saturated heterocycles. The van der Waals surface area contributed by atoms with Gasteiger partial charge in [0.05, 0.1) is 5.69 Å². The summed E-state index contributed by atoms with van der Waals surface area (Å²) in [6.45, 7) is 3.49. The normalized spacial score (nSPS) is 9.57. The molecule has 0 atom stereocenters. The molecule has 14 heavy (non-hydrogen) atoms. The highest BCUT2D eigenvalue weighted by Gasteiger charge is 2.03. The van der Waals surface area contributed by atoms with Crippen LogP contribution in [0.2, 0.25) is 5.02 Å². The smallest absolute Gasteiger partial charge is 0.228 e. The van der Waals surface area contributed by atoms with E-state index in [1.807, 2.05) is 0 Å². The molecule has 0 aliphatic rings. The molecule has 1 aromatic rings. The monoisotopic (exact) mass is 273 g/mol. The molecule has 0 fully saturated rings. The molecule has 0 aliphatic heterocycles. The van der Waals surface area contributed by atoms with Gasteiger partial charge in [-0.3, -0.25) is 4.79 Å². The first-order valence-corrected chi connectivity index (χ1v) is 5.16. The van der Waals surface area contributed by atoms with E-state index in [2.05, 4.69) is 27.8 Å². The van der Waals surface area contributed by atoms with E-state index >= 15 is 0 Å². The van der Waals surface area contributed by atoms with Crippen LogP contribution < -0.4 is 5.32 Å². The van der Waals surface area contributed by atoms with Gasteiger partial charge in [-0.15, -0.1) is 6.58 Å². The van der Waals surface area contributed by atoms with E-state index in [4.69, 9.17) is 11.6 Å². The fraction of sp³-hybridized carbons (Fsp3) is 0.100. The van der Waals surface area contributed by atoms with Gasteiger partial charge in [-0.25, -0.2) is 0 Å². The van der Waals surface area contributed by atoms with Crippen LogP contribution >= 0.6 is 27.5 Å². The molecule has 1 rings (SSSR count). The summed E-state index contributed by atoms with van der Waals surface area (Å²) in [5, 5.41) is 3.35. The third-order valence-electron chi connectivity index (χ3n) is 1.53. The lowest BCUT2D eigenvalue weighted by Crippen LogP contribution is -2.10. The molecule has 2 nitrogen and oxygen atoms in total. The lowest BCUT2D eigenvalue weighted by atomic mass is 10.3. The maximum atomic E-state index is 11.2. The van der Waals surface area contributed by atoms with Crippen molar-refractivity contribution >= 4 is 39.1 Å². The van der Waals surface area contributed by atoms with Crippen molar-refractivity contribution in [3.8, 4) is 0 Å². The Hall–Kier alpha value is -0.800. The second-order valence-electron chi connectivity index (χ2n) is 2.67. The van der Waals surface area contributed by atoms with Gasteiger partial charge >= 0.3 is 0 Å². The van der Waals surface area contributed by atoms with Crippen LogP contribution in [0.5, 0.6) is 0 Å². The van der Waals surface area contributed by atoms with Crippen molar-refractivity contribution in [1.29, 1.82) is 0 Å². The second-order valence-corrected chi connectivity index (χ2v) is 3.96. The highest BCUT2D eigenvalue weighted by atomic mass is 79.9. The largest absolute Gasteiger partial charge is 0.325 e. The van der Waals surface area contributed by atoms with Gasteiger partial charge in [0, 0.05) is 15.9 Å². The first kappa shape index (κ1) is 11.3. The molecule has 0 spiro atoms. The van der Waals surface area contributed by atoms with E-state index in [1.54, 1.807) is 24.3 Å². The Labute approximate surface area is 96.1 Å². The molecular weight excluding hydrogens is 265 g/mol.